The van der Waals surface area contributed by atoms with Crippen LogP contribution in [0.5, 0.6) is 0 Å². The molecule has 0 spiro atoms. The number of halogens is 3. The number of hydrogen-bond donors (Lipinski definition) is 2. The van der Waals surface area contributed by atoms with Gasteiger partial charge in [0, 0.05) is 5.56 Å². The Morgan fingerprint density at radius 3 is 2.56 bits per heavy atom. The van der Waals surface area contributed by atoms with E-state index in [1.807, 2.05) is 0 Å². The smallest absolute Gasteiger partial charge is 0.409 e. The van der Waals surface area contributed by atoms with Crippen LogP contribution in [0.2, 0.25) is 0 Å². The van der Waals surface area contributed by atoms with Gasteiger partial charge in [-0.3, -0.25) is 0 Å². The Bertz CT molecular complexity index is 484. The lowest BCUT2D eigenvalue weighted by Crippen LogP contribution is -2.25. The molecule has 98 valence electrons. The van der Waals surface area contributed by atoms with Crippen LogP contribution < -0.4 is 5.73 Å². The molecule has 0 amide bonds. The molecule has 0 aliphatic carbocycles. The van der Waals surface area contributed by atoms with Crippen molar-refractivity contribution in [2.24, 2.45) is 16.0 Å². The summed E-state index contributed by atoms with van der Waals surface area (Å²) in [6, 6.07) is 4.26. The third kappa shape index (κ3) is 3.12. The van der Waals surface area contributed by atoms with Crippen molar-refractivity contribution >= 4 is 11.5 Å². The molecule has 1 aromatic carbocycles. The molecule has 5 nitrogen and oxygen atoms in total. The second-order valence-electron chi connectivity index (χ2n) is 3.19. The summed E-state index contributed by atoms with van der Waals surface area (Å²) in [6.45, 7) is 0. The van der Waals surface area contributed by atoms with Crippen molar-refractivity contribution in [2.45, 2.75) is 6.18 Å². The van der Waals surface area contributed by atoms with Gasteiger partial charge in [-0.1, -0.05) is 22.4 Å². The summed E-state index contributed by atoms with van der Waals surface area (Å²) in [7, 11) is 1.19. The maximum absolute atomic E-state index is 12.5. The van der Waals surface area contributed by atoms with Gasteiger partial charge in [-0.15, -0.1) is 0 Å². The van der Waals surface area contributed by atoms with Crippen molar-refractivity contribution in [3.63, 3.8) is 0 Å². The minimum absolute atomic E-state index is 0.0296. The molecule has 0 bridgehead atoms. The molecule has 0 aromatic heterocycles. The van der Waals surface area contributed by atoms with E-state index >= 15 is 0 Å². The summed E-state index contributed by atoms with van der Waals surface area (Å²) in [5, 5.41) is 14.6. The van der Waals surface area contributed by atoms with E-state index in [4.69, 9.17) is 10.9 Å². The normalized spacial score (nSPS) is 13.6. The topological polar surface area (TPSA) is 80.2 Å². The van der Waals surface area contributed by atoms with Gasteiger partial charge in [0.15, 0.2) is 11.5 Å². The van der Waals surface area contributed by atoms with E-state index in [9.17, 15) is 13.2 Å². The van der Waals surface area contributed by atoms with E-state index in [-0.39, 0.29) is 11.3 Å². The van der Waals surface area contributed by atoms with Gasteiger partial charge in [0.05, 0.1) is 5.56 Å². The molecule has 0 fully saturated rings. The van der Waals surface area contributed by atoms with Crippen molar-refractivity contribution in [3.8, 4) is 0 Å². The number of oxime groups is 2. The number of hydrogen-bond acceptors (Lipinski definition) is 4. The predicted octanol–water partition coefficient (Wildman–Crippen LogP) is 1.80. The number of rotatable bonds is 3. The Morgan fingerprint density at radius 2 is 2.06 bits per heavy atom. The van der Waals surface area contributed by atoms with Gasteiger partial charge < -0.3 is 15.8 Å². The molecule has 0 saturated heterocycles. The number of nitrogens with two attached hydrogens (primary N) is 1. The summed E-state index contributed by atoms with van der Waals surface area (Å²) in [4.78, 5) is 4.44. The van der Waals surface area contributed by atoms with Crippen LogP contribution >= 0.6 is 0 Å². The second-order valence-corrected chi connectivity index (χ2v) is 3.19. The highest BCUT2D eigenvalue weighted by molar-refractivity contribution is 6.46. The van der Waals surface area contributed by atoms with Gasteiger partial charge in [0.25, 0.3) is 0 Å². The van der Waals surface area contributed by atoms with Crippen LogP contribution in [0.15, 0.2) is 34.6 Å². The van der Waals surface area contributed by atoms with E-state index in [0.29, 0.717) is 0 Å². The molecule has 0 atom stereocenters. The third-order valence-electron chi connectivity index (χ3n) is 2.00. The first-order valence-corrected chi connectivity index (χ1v) is 4.67. The summed E-state index contributed by atoms with van der Waals surface area (Å²) in [5.74, 6) is -0.448. The zero-order valence-electron chi connectivity index (χ0n) is 9.27. The zero-order valence-corrected chi connectivity index (χ0v) is 9.27. The van der Waals surface area contributed by atoms with E-state index in [1.165, 1.54) is 19.2 Å². The van der Waals surface area contributed by atoms with Crippen LogP contribution in [-0.4, -0.2) is 23.9 Å². The summed E-state index contributed by atoms with van der Waals surface area (Å²) < 4.78 is 37.6. The second kappa shape index (κ2) is 5.39. The van der Waals surface area contributed by atoms with E-state index in [2.05, 4.69) is 15.1 Å². The average molecular weight is 261 g/mol. The zero-order chi connectivity index (χ0) is 13.8. The molecule has 3 N–H and O–H groups in total. The Kier molecular flexibility index (Phi) is 4.13. The minimum atomic E-state index is -4.49. The predicted molar refractivity (Wildman–Crippen MR) is 58.4 cm³/mol. The lowest BCUT2D eigenvalue weighted by Gasteiger charge is -2.09. The lowest BCUT2D eigenvalue weighted by atomic mass is 10.1. The average Bonchev–Trinajstić information content (AvgIpc) is 2.34. The van der Waals surface area contributed by atoms with Gasteiger partial charge in [0.1, 0.15) is 7.11 Å². The summed E-state index contributed by atoms with van der Waals surface area (Å²) in [5.41, 5.74) is 4.28. The summed E-state index contributed by atoms with van der Waals surface area (Å²) in [6.07, 6.45) is -4.49. The maximum atomic E-state index is 12.5. The first-order chi connectivity index (χ1) is 8.40. The SMILES string of the molecule is CO/N=C(\C(N)=N\O)c1cccc(C(F)(F)F)c1. The highest BCUT2D eigenvalue weighted by Crippen LogP contribution is 2.29. The van der Waals surface area contributed by atoms with Gasteiger partial charge in [-0.05, 0) is 12.1 Å². The van der Waals surface area contributed by atoms with Crippen LogP contribution in [0.4, 0.5) is 13.2 Å². The molecule has 0 heterocycles. The first kappa shape index (κ1) is 13.8. The van der Waals surface area contributed by atoms with Crippen LogP contribution in [0.3, 0.4) is 0 Å². The molecule has 1 aromatic rings. The van der Waals surface area contributed by atoms with E-state index in [0.717, 1.165) is 12.1 Å². The molecule has 18 heavy (non-hydrogen) atoms. The van der Waals surface area contributed by atoms with Gasteiger partial charge in [0.2, 0.25) is 0 Å². The van der Waals surface area contributed by atoms with Crippen LogP contribution in [0.25, 0.3) is 0 Å². The molecule has 0 unspecified atom stereocenters. The van der Waals surface area contributed by atoms with Crippen LogP contribution in [0, 0.1) is 0 Å². The molecule has 0 radical (unpaired) electrons. The molecule has 0 aliphatic rings. The Morgan fingerprint density at radius 1 is 1.39 bits per heavy atom. The van der Waals surface area contributed by atoms with Gasteiger partial charge >= 0.3 is 6.18 Å². The number of nitrogens with zero attached hydrogens (tertiary/aromatic N) is 2. The fourth-order valence-corrected chi connectivity index (χ4v) is 1.23. The van der Waals surface area contributed by atoms with E-state index < -0.39 is 17.6 Å². The van der Waals surface area contributed by atoms with Crippen LogP contribution in [0.1, 0.15) is 11.1 Å². The van der Waals surface area contributed by atoms with Gasteiger partial charge in [-0.2, -0.15) is 13.2 Å². The Hall–Kier alpha value is -2.25. The highest BCUT2D eigenvalue weighted by atomic mass is 19.4. The first-order valence-electron chi connectivity index (χ1n) is 4.67. The molecule has 1 rings (SSSR count). The van der Waals surface area contributed by atoms with Crippen molar-refractivity contribution in [1.29, 1.82) is 0 Å². The van der Waals surface area contributed by atoms with Crippen molar-refractivity contribution in [1.82, 2.24) is 0 Å². The standard InChI is InChI=1S/C10H10F3N3O2/c1-18-16-8(9(14)15-17)6-3-2-4-7(5-6)10(11,12)13/h2-5,17H,1H3,(H2,14,15)/b16-8-. The molecule has 0 saturated carbocycles. The van der Waals surface area contributed by atoms with Gasteiger partial charge in [-0.25, -0.2) is 0 Å². The number of benzene rings is 1. The lowest BCUT2D eigenvalue weighted by molar-refractivity contribution is -0.137. The third-order valence-corrected chi connectivity index (χ3v) is 2.00. The monoisotopic (exact) mass is 261 g/mol. The van der Waals surface area contributed by atoms with Crippen LogP contribution in [-0.2, 0) is 11.0 Å². The molecule has 0 aliphatic heterocycles. The Labute approximate surface area is 100 Å². The molecule has 8 heteroatoms. The highest BCUT2D eigenvalue weighted by Gasteiger charge is 2.31. The number of alkyl halides is 3. The van der Waals surface area contributed by atoms with Crippen molar-refractivity contribution < 1.29 is 23.2 Å². The van der Waals surface area contributed by atoms with Crippen molar-refractivity contribution in [2.75, 3.05) is 7.11 Å². The fraction of sp³-hybridized carbons (Fsp3) is 0.200. The minimum Gasteiger partial charge on any atom is -0.409 e. The molecular weight excluding hydrogens is 251 g/mol. The largest absolute Gasteiger partial charge is 0.416 e. The van der Waals surface area contributed by atoms with Crippen molar-refractivity contribution in [3.05, 3.63) is 35.4 Å². The molecular formula is C10H10F3N3O2. The Balaban J connectivity index is 3.27. The fourth-order valence-electron chi connectivity index (χ4n) is 1.23. The van der Waals surface area contributed by atoms with E-state index in [1.54, 1.807) is 0 Å². The quantitative estimate of drug-likeness (QED) is 0.377. The maximum Gasteiger partial charge on any atom is 0.416 e. The number of amidine groups is 1. The summed E-state index contributed by atoms with van der Waals surface area (Å²) >= 11 is 0.